The Labute approximate surface area is 190 Å². The molecule has 0 aliphatic rings. The predicted molar refractivity (Wildman–Crippen MR) is 125 cm³/mol. The molecular weight excluding hydrogens is 394 g/mol. The van der Waals surface area contributed by atoms with Crippen LogP contribution in [0.3, 0.4) is 0 Å². The van der Waals surface area contributed by atoms with E-state index in [4.69, 9.17) is 4.74 Å². The lowest BCUT2D eigenvalue weighted by Crippen LogP contribution is -2.41. The third-order valence-electron chi connectivity index (χ3n) is 5.69. The van der Waals surface area contributed by atoms with Crippen LogP contribution in [0.2, 0.25) is 0 Å². The third-order valence-corrected chi connectivity index (χ3v) is 5.69. The molecule has 6 heteroatoms. The monoisotopic (exact) mass is 441 g/mol. The number of nitrogens with one attached hydrogen (secondary N) is 1. The molecule has 31 heavy (non-hydrogen) atoms. The van der Waals surface area contributed by atoms with Gasteiger partial charge in [0.1, 0.15) is 6.04 Å². The van der Waals surface area contributed by atoms with Crippen LogP contribution in [-0.4, -0.2) is 38.1 Å². The summed E-state index contributed by atoms with van der Waals surface area (Å²) in [7, 11) is 2.57. The van der Waals surface area contributed by atoms with Crippen LogP contribution in [0.5, 0.6) is 0 Å². The summed E-state index contributed by atoms with van der Waals surface area (Å²) in [5.74, 6) is -1.12. The van der Waals surface area contributed by atoms with E-state index in [0.717, 1.165) is 19.3 Å². The molecule has 1 atom stereocenters. The zero-order valence-electron chi connectivity index (χ0n) is 20.3. The Morgan fingerprint density at radius 3 is 1.52 bits per heavy atom. The first-order valence-electron chi connectivity index (χ1n) is 12.5. The second kappa shape index (κ2) is 21.6. The molecule has 0 aliphatic carbocycles. The maximum Gasteiger partial charge on any atom is 0.328 e. The first-order chi connectivity index (χ1) is 15.0. The Bertz CT molecular complexity index is 467. The predicted octanol–water partition coefficient (Wildman–Crippen LogP) is 5.86. The molecule has 0 aromatic rings. The molecular formula is C25H47NO5. The minimum Gasteiger partial charge on any atom is -0.469 e. The van der Waals surface area contributed by atoms with Crippen LogP contribution in [0, 0.1) is 0 Å². The Balaban J connectivity index is 3.60. The number of ether oxygens (including phenoxy) is 2. The van der Waals surface area contributed by atoms with Gasteiger partial charge in [-0.05, 0) is 12.8 Å². The zero-order chi connectivity index (χ0) is 23.2. The number of unbranched alkanes of at least 4 members (excludes halogenated alkanes) is 14. The summed E-state index contributed by atoms with van der Waals surface area (Å²) in [5.41, 5.74) is 0. The molecule has 0 radical (unpaired) electrons. The van der Waals surface area contributed by atoms with Gasteiger partial charge in [-0.2, -0.15) is 0 Å². The van der Waals surface area contributed by atoms with E-state index < -0.39 is 18.0 Å². The van der Waals surface area contributed by atoms with Gasteiger partial charge in [0.15, 0.2) is 0 Å². The molecule has 0 heterocycles. The lowest BCUT2D eigenvalue weighted by molar-refractivity contribution is -0.146. The Hall–Kier alpha value is -1.59. The highest BCUT2D eigenvalue weighted by Crippen LogP contribution is 2.13. The van der Waals surface area contributed by atoms with E-state index in [1.807, 2.05) is 0 Å². The van der Waals surface area contributed by atoms with E-state index in [9.17, 15) is 14.4 Å². The van der Waals surface area contributed by atoms with Crippen LogP contribution < -0.4 is 5.32 Å². The van der Waals surface area contributed by atoms with Crippen molar-refractivity contribution in [2.45, 2.75) is 129 Å². The van der Waals surface area contributed by atoms with Gasteiger partial charge < -0.3 is 14.8 Å². The average molecular weight is 442 g/mol. The van der Waals surface area contributed by atoms with Crippen molar-refractivity contribution in [3.05, 3.63) is 0 Å². The number of rotatable bonds is 21. The fraction of sp³-hybridized carbons (Fsp3) is 0.880. The molecule has 0 aromatic carbocycles. The molecule has 1 amide bonds. The minimum absolute atomic E-state index is 0.0650. The molecule has 0 unspecified atom stereocenters. The van der Waals surface area contributed by atoms with Crippen LogP contribution in [0.15, 0.2) is 0 Å². The van der Waals surface area contributed by atoms with Gasteiger partial charge in [0.25, 0.3) is 0 Å². The molecule has 0 rings (SSSR count). The number of hydrogen-bond acceptors (Lipinski definition) is 5. The molecule has 0 saturated heterocycles. The van der Waals surface area contributed by atoms with Crippen molar-refractivity contribution in [1.82, 2.24) is 5.32 Å². The molecule has 0 fully saturated rings. The van der Waals surface area contributed by atoms with E-state index in [1.165, 1.54) is 91.3 Å². The average Bonchev–Trinajstić information content (AvgIpc) is 2.78. The van der Waals surface area contributed by atoms with Crippen molar-refractivity contribution in [3.63, 3.8) is 0 Å². The summed E-state index contributed by atoms with van der Waals surface area (Å²) < 4.78 is 9.28. The van der Waals surface area contributed by atoms with Crippen LogP contribution in [0.4, 0.5) is 0 Å². The Kier molecular flexibility index (Phi) is 20.5. The SMILES string of the molecule is CCCCCCCCCCCCCCCCCC(=O)N[C@@H](CCC(=O)OC)C(=O)OC. The smallest absolute Gasteiger partial charge is 0.328 e. The second-order valence-corrected chi connectivity index (χ2v) is 8.46. The van der Waals surface area contributed by atoms with Crippen molar-refractivity contribution in [2.75, 3.05) is 14.2 Å². The maximum atomic E-state index is 12.1. The largest absolute Gasteiger partial charge is 0.469 e. The lowest BCUT2D eigenvalue weighted by atomic mass is 10.0. The molecule has 0 spiro atoms. The number of carbonyl (C=O) groups is 3. The summed E-state index contributed by atoms with van der Waals surface area (Å²) in [6.07, 6.45) is 19.9. The quantitative estimate of drug-likeness (QED) is 0.178. The molecule has 6 nitrogen and oxygen atoms in total. The molecule has 0 bridgehead atoms. The lowest BCUT2D eigenvalue weighted by Gasteiger charge is -2.16. The first-order valence-corrected chi connectivity index (χ1v) is 12.5. The van der Waals surface area contributed by atoms with Crippen LogP contribution in [0.1, 0.15) is 122 Å². The van der Waals surface area contributed by atoms with Gasteiger partial charge in [-0.3, -0.25) is 9.59 Å². The van der Waals surface area contributed by atoms with Gasteiger partial charge in [-0.15, -0.1) is 0 Å². The highest BCUT2D eigenvalue weighted by molar-refractivity contribution is 5.84. The normalized spacial score (nSPS) is 11.7. The van der Waals surface area contributed by atoms with Crippen LogP contribution in [0.25, 0.3) is 0 Å². The van der Waals surface area contributed by atoms with Gasteiger partial charge in [-0.1, -0.05) is 96.8 Å². The number of amides is 1. The number of methoxy groups -OCH3 is 2. The molecule has 0 saturated carbocycles. The van der Waals surface area contributed by atoms with Gasteiger partial charge >= 0.3 is 11.9 Å². The summed E-state index contributed by atoms with van der Waals surface area (Å²) in [6, 6.07) is -0.798. The maximum absolute atomic E-state index is 12.1. The third kappa shape index (κ3) is 18.9. The Morgan fingerprint density at radius 1 is 0.645 bits per heavy atom. The van der Waals surface area contributed by atoms with Crippen molar-refractivity contribution in [2.24, 2.45) is 0 Å². The molecule has 0 aliphatic heterocycles. The van der Waals surface area contributed by atoms with Crippen molar-refractivity contribution in [1.29, 1.82) is 0 Å². The van der Waals surface area contributed by atoms with Gasteiger partial charge in [0.05, 0.1) is 14.2 Å². The van der Waals surface area contributed by atoms with Gasteiger partial charge in [-0.25, -0.2) is 4.79 Å². The molecule has 1 N–H and O–H groups in total. The molecule has 182 valence electrons. The van der Waals surface area contributed by atoms with E-state index in [2.05, 4.69) is 17.0 Å². The summed E-state index contributed by atoms with van der Waals surface area (Å²) >= 11 is 0. The van der Waals surface area contributed by atoms with Gasteiger partial charge in [0.2, 0.25) is 5.91 Å². The van der Waals surface area contributed by atoms with E-state index >= 15 is 0 Å². The standard InChI is InChI=1S/C25H47NO5/c1-4-5-6-7-8-9-10-11-12-13-14-15-16-17-18-19-23(27)26-22(25(29)31-3)20-21-24(28)30-2/h22H,4-21H2,1-3H3,(H,26,27)/t22-/m0/s1. The van der Waals surface area contributed by atoms with Crippen LogP contribution >= 0.6 is 0 Å². The van der Waals surface area contributed by atoms with Crippen molar-refractivity contribution >= 4 is 17.8 Å². The minimum atomic E-state index is -0.798. The zero-order valence-corrected chi connectivity index (χ0v) is 20.3. The fourth-order valence-corrected chi connectivity index (χ4v) is 3.68. The number of carbonyl (C=O) groups excluding carboxylic acids is 3. The highest BCUT2D eigenvalue weighted by Gasteiger charge is 2.22. The summed E-state index contributed by atoms with van der Waals surface area (Å²) in [4.78, 5) is 35.1. The second-order valence-electron chi connectivity index (χ2n) is 8.46. The summed E-state index contributed by atoms with van der Waals surface area (Å²) in [6.45, 7) is 2.26. The fourth-order valence-electron chi connectivity index (χ4n) is 3.68. The van der Waals surface area contributed by atoms with Crippen molar-refractivity contribution < 1.29 is 23.9 Å². The Morgan fingerprint density at radius 2 is 1.10 bits per heavy atom. The highest BCUT2D eigenvalue weighted by atomic mass is 16.5. The van der Waals surface area contributed by atoms with E-state index in [1.54, 1.807) is 0 Å². The topological polar surface area (TPSA) is 81.7 Å². The van der Waals surface area contributed by atoms with E-state index in [0.29, 0.717) is 6.42 Å². The van der Waals surface area contributed by atoms with Crippen molar-refractivity contribution in [3.8, 4) is 0 Å². The van der Waals surface area contributed by atoms with E-state index in [-0.39, 0.29) is 18.7 Å². The first kappa shape index (κ1) is 29.4. The summed E-state index contributed by atoms with van der Waals surface area (Å²) in [5, 5.41) is 2.68. The van der Waals surface area contributed by atoms with Gasteiger partial charge in [0, 0.05) is 12.8 Å². The number of esters is 2. The molecule has 0 aromatic heterocycles. The number of hydrogen-bond donors (Lipinski definition) is 1. The van der Waals surface area contributed by atoms with Crippen LogP contribution in [-0.2, 0) is 23.9 Å².